The number of likely N-dealkylation sites (tertiary alicyclic amines) is 1. The van der Waals surface area contributed by atoms with E-state index in [0.717, 1.165) is 13.1 Å². The molecule has 1 saturated heterocycles. The first kappa shape index (κ1) is 14.2. The number of piperidine rings is 1. The van der Waals surface area contributed by atoms with Crippen molar-refractivity contribution in [2.45, 2.75) is 31.9 Å². The quantitative estimate of drug-likeness (QED) is 0.684. The van der Waals surface area contributed by atoms with E-state index in [0.29, 0.717) is 30.0 Å². The van der Waals surface area contributed by atoms with Crippen LogP contribution in [0.4, 0.5) is 5.69 Å². The average Bonchev–Trinajstić information content (AvgIpc) is 2.33. The Labute approximate surface area is 116 Å². The molecular weight excluding hydrogens is 268 g/mol. The third-order valence-electron chi connectivity index (χ3n) is 3.61. The first-order valence-electron chi connectivity index (χ1n) is 6.25. The van der Waals surface area contributed by atoms with Crippen LogP contribution in [0.5, 0.6) is 0 Å². The summed E-state index contributed by atoms with van der Waals surface area (Å²) in [5.41, 5.74) is -0.0105. The monoisotopic (exact) mass is 284 g/mol. The zero-order valence-electron chi connectivity index (χ0n) is 10.8. The van der Waals surface area contributed by atoms with Gasteiger partial charge in [-0.2, -0.15) is 0 Å². The molecule has 1 aromatic rings. The number of nitrogens with zero attached hydrogens (tertiary/aromatic N) is 2. The number of halogens is 1. The summed E-state index contributed by atoms with van der Waals surface area (Å²) in [5, 5.41) is 21.3. The molecule has 1 fully saturated rings. The van der Waals surface area contributed by atoms with Gasteiger partial charge in [0.2, 0.25) is 0 Å². The van der Waals surface area contributed by atoms with E-state index < -0.39 is 10.5 Å². The first-order chi connectivity index (χ1) is 8.89. The van der Waals surface area contributed by atoms with E-state index in [9.17, 15) is 15.2 Å². The van der Waals surface area contributed by atoms with Crippen LogP contribution < -0.4 is 0 Å². The van der Waals surface area contributed by atoms with Crippen LogP contribution in [0.3, 0.4) is 0 Å². The lowest BCUT2D eigenvalue weighted by atomic mass is 9.93. The zero-order chi connectivity index (χ0) is 14.0. The standard InChI is InChI=1S/C13H17ClN2O3/c1-13(17)5-7-15(8-6-13)9-10-11(14)3-2-4-12(10)16(18)19/h2-4,17H,5-9H2,1H3. The molecule has 19 heavy (non-hydrogen) atoms. The number of rotatable bonds is 3. The maximum Gasteiger partial charge on any atom is 0.275 e. The van der Waals surface area contributed by atoms with E-state index in [1.807, 2.05) is 6.92 Å². The second-order valence-electron chi connectivity index (χ2n) is 5.27. The number of nitro benzene ring substituents is 1. The Hall–Kier alpha value is -1.17. The molecule has 0 saturated carbocycles. The molecule has 104 valence electrons. The SMILES string of the molecule is CC1(O)CCN(Cc2c(Cl)cccc2[N+](=O)[O-])CC1. The molecule has 1 aromatic carbocycles. The second kappa shape index (κ2) is 5.45. The first-order valence-corrected chi connectivity index (χ1v) is 6.63. The van der Waals surface area contributed by atoms with Gasteiger partial charge >= 0.3 is 0 Å². The lowest BCUT2D eigenvalue weighted by Crippen LogP contribution is -2.42. The fourth-order valence-electron chi connectivity index (χ4n) is 2.29. The largest absolute Gasteiger partial charge is 0.390 e. The second-order valence-corrected chi connectivity index (χ2v) is 5.67. The van der Waals surface area contributed by atoms with E-state index in [1.54, 1.807) is 12.1 Å². The van der Waals surface area contributed by atoms with Crippen molar-refractivity contribution >= 4 is 17.3 Å². The third-order valence-corrected chi connectivity index (χ3v) is 3.96. The molecule has 0 unspecified atom stereocenters. The van der Waals surface area contributed by atoms with Crippen molar-refractivity contribution in [3.63, 3.8) is 0 Å². The summed E-state index contributed by atoms with van der Waals surface area (Å²) in [5.74, 6) is 0. The van der Waals surface area contributed by atoms with Crippen LogP contribution in [-0.2, 0) is 6.54 Å². The Bertz CT molecular complexity index is 481. The molecule has 0 aliphatic carbocycles. The minimum atomic E-state index is -0.622. The molecule has 0 amide bonds. The molecular formula is C13H17ClN2O3. The van der Waals surface area contributed by atoms with Gasteiger partial charge in [0.05, 0.1) is 21.1 Å². The van der Waals surface area contributed by atoms with Crippen molar-refractivity contribution in [3.8, 4) is 0 Å². The summed E-state index contributed by atoms with van der Waals surface area (Å²) >= 11 is 6.07. The number of aliphatic hydroxyl groups is 1. The predicted octanol–water partition coefficient (Wildman–Crippen LogP) is 2.60. The number of benzene rings is 1. The van der Waals surface area contributed by atoms with Gasteiger partial charge in [-0.15, -0.1) is 0 Å². The molecule has 1 heterocycles. The molecule has 5 nitrogen and oxygen atoms in total. The number of nitro groups is 1. The van der Waals surface area contributed by atoms with Gasteiger partial charge in [-0.3, -0.25) is 15.0 Å². The Morgan fingerprint density at radius 3 is 2.68 bits per heavy atom. The van der Waals surface area contributed by atoms with Crippen molar-refractivity contribution in [1.29, 1.82) is 0 Å². The highest BCUT2D eigenvalue weighted by Gasteiger charge is 2.28. The number of hydrogen-bond donors (Lipinski definition) is 1. The molecule has 1 aliphatic heterocycles. The molecule has 1 N–H and O–H groups in total. The van der Waals surface area contributed by atoms with Gasteiger partial charge in [0, 0.05) is 25.7 Å². The van der Waals surface area contributed by atoms with Crippen molar-refractivity contribution in [1.82, 2.24) is 4.90 Å². The average molecular weight is 285 g/mol. The van der Waals surface area contributed by atoms with E-state index in [1.165, 1.54) is 6.07 Å². The Morgan fingerprint density at radius 2 is 2.11 bits per heavy atom. The third kappa shape index (κ3) is 3.43. The van der Waals surface area contributed by atoms with Crippen molar-refractivity contribution < 1.29 is 10.0 Å². The van der Waals surface area contributed by atoms with Crippen LogP contribution in [0.15, 0.2) is 18.2 Å². The van der Waals surface area contributed by atoms with Crippen LogP contribution in [0, 0.1) is 10.1 Å². The van der Waals surface area contributed by atoms with E-state index in [-0.39, 0.29) is 5.69 Å². The zero-order valence-corrected chi connectivity index (χ0v) is 11.6. The Morgan fingerprint density at radius 1 is 1.47 bits per heavy atom. The van der Waals surface area contributed by atoms with Gasteiger partial charge in [0.25, 0.3) is 5.69 Å². The van der Waals surface area contributed by atoms with Crippen molar-refractivity contribution in [2.75, 3.05) is 13.1 Å². The minimum absolute atomic E-state index is 0.0600. The molecule has 2 rings (SSSR count). The summed E-state index contributed by atoms with van der Waals surface area (Å²) in [6.07, 6.45) is 1.34. The highest BCUT2D eigenvalue weighted by Crippen LogP contribution is 2.29. The van der Waals surface area contributed by atoms with E-state index in [4.69, 9.17) is 11.6 Å². The van der Waals surface area contributed by atoms with Crippen LogP contribution in [0.1, 0.15) is 25.3 Å². The van der Waals surface area contributed by atoms with Crippen LogP contribution in [0.25, 0.3) is 0 Å². The van der Waals surface area contributed by atoms with Crippen LogP contribution in [0.2, 0.25) is 5.02 Å². The molecule has 1 aliphatic rings. The lowest BCUT2D eigenvalue weighted by Gasteiger charge is -2.35. The van der Waals surface area contributed by atoms with Crippen LogP contribution in [-0.4, -0.2) is 33.6 Å². The fraction of sp³-hybridized carbons (Fsp3) is 0.538. The number of hydrogen-bond acceptors (Lipinski definition) is 4. The summed E-state index contributed by atoms with van der Waals surface area (Å²) in [4.78, 5) is 12.7. The van der Waals surface area contributed by atoms with Gasteiger partial charge in [-0.25, -0.2) is 0 Å². The molecule has 0 radical (unpaired) electrons. The van der Waals surface area contributed by atoms with Crippen molar-refractivity contribution in [3.05, 3.63) is 38.9 Å². The summed E-state index contributed by atoms with van der Waals surface area (Å²) in [7, 11) is 0. The van der Waals surface area contributed by atoms with E-state index >= 15 is 0 Å². The Balaban J connectivity index is 2.14. The van der Waals surface area contributed by atoms with E-state index in [2.05, 4.69) is 4.90 Å². The molecule has 6 heteroatoms. The topological polar surface area (TPSA) is 66.6 Å². The maximum atomic E-state index is 11.0. The van der Waals surface area contributed by atoms with Gasteiger partial charge < -0.3 is 5.11 Å². The maximum absolute atomic E-state index is 11.0. The van der Waals surface area contributed by atoms with Crippen LogP contribution >= 0.6 is 11.6 Å². The highest BCUT2D eigenvalue weighted by atomic mass is 35.5. The normalized spacial score (nSPS) is 19.3. The smallest absolute Gasteiger partial charge is 0.275 e. The summed E-state index contributed by atoms with van der Waals surface area (Å²) in [6.45, 7) is 3.71. The van der Waals surface area contributed by atoms with Gasteiger partial charge in [-0.05, 0) is 25.8 Å². The Kier molecular flexibility index (Phi) is 4.08. The fourth-order valence-corrected chi connectivity index (χ4v) is 2.52. The molecule has 0 spiro atoms. The minimum Gasteiger partial charge on any atom is -0.390 e. The molecule has 0 bridgehead atoms. The van der Waals surface area contributed by atoms with Gasteiger partial charge in [-0.1, -0.05) is 17.7 Å². The summed E-state index contributed by atoms with van der Waals surface area (Å²) in [6, 6.07) is 4.73. The highest BCUT2D eigenvalue weighted by molar-refractivity contribution is 6.31. The lowest BCUT2D eigenvalue weighted by molar-refractivity contribution is -0.385. The van der Waals surface area contributed by atoms with Gasteiger partial charge in [0.15, 0.2) is 0 Å². The molecule has 0 aromatic heterocycles. The summed E-state index contributed by atoms with van der Waals surface area (Å²) < 4.78 is 0. The molecule has 0 atom stereocenters. The predicted molar refractivity (Wildman–Crippen MR) is 73.2 cm³/mol. The van der Waals surface area contributed by atoms with Crippen molar-refractivity contribution in [2.24, 2.45) is 0 Å². The van der Waals surface area contributed by atoms with Gasteiger partial charge in [0.1, 0.15) is 0 Å².